The summed E-state index contributed by atoms with van der Waals surface area (Å²) >= 11 is 5.08. The van der Waals surface area contributed by atoms with Gasteiger partial charge in [0.15, 0.2) is 16.3 Å². The smallest absolute Gasteiger partial charge is 0.199 e. The van der Waals surface area contributed by atoms with Gasteiger partial charge in [0.25, 0.3) is 0 Å². The first-order valence-corrected chi connectivity index (χ1v) is 5.02. The van der Waals surface area contributed by atoms with Crippen molar-refractivity contribution in [2.75, 3.05) is 7.11 Å². The van der Waals surface area contributed by atoms with Crippen molar-refractivity contribution >= 4 is 12.2 Å². The van der Waals surface area contributed by atoms with E-state index in [4.69, 9.17) is 17.0 Å². The zero-order valence-electron chi connectivity index (χ0n) is 8.82. The maximum Gasteiger partial charge on any atom is 0.199 e. The fourth-order valence-corrected chi connectivity index (χ4v) is 1.75. The molecule has 0 aliphatic carbocycles. The summed E-state index contributed by atoms with van der Waals surface area (Å²) < 4.78 is 20.3. The summed E-state index contributed by atoms with van der Waals surface area (Å²) in [6.07, 6.45) is 0. The van der Waals surface area contributed by atoms with Gasteiger partial charge in [0.05, 0.1) is 12.8 Å². The van der Waals surface area contributed by atoms with Gasteiger partial charge in [-0.3, -0.25) is 9.67 Å². The summed E-state index contributed by atoms with van der Waals surface area (Å²) in [7, 11) is 1.42. The monoisotopic (exact) mass is 239 g/mol. The van der Waals surface area contributed by atoms with Gasteiger partial charge in [-0.25, -0.2) is 4.39 Å². The van der Waals surface area contributed by atoms with Crippen molar-refractivity contribution in [3.05, 3.63) is 34.6 Å². The molecule has 0 aliphatic rings. The number of hydrogen-bond donors (Lipinski definition) is 1. The van der Waals surface area contributed by atoms with E-state index in [1.54, 1.807) is 16.7 Å². The SMILES string of the molecule is COc1cc(-n2c(C)n[nH]c2=S)ccc1F. The van der Waals surface area contributed by atoms with Gasteiger partial charge in [-0.1, -0.05) is 0 Å². The lowest BCUT2D eigenvalue weighted by molar-refractivity contribution is 0.386. The molecule has 0 saturated carbocycles. The summed E-state index contributed by atoms with van der Waals surface area (Å²) in [4.78, 5) is 0. The maximum absolute atomic E-state index is 13.2. The molecule has 1 aromatic heterocycles. The molecule has 1 N–H and O–H groups in total. The number of halogens is 1. The first-order chi connectivity index (χ1) is 7.63. The van der Waals surface area contributed by atoms with Crippen molar-refractivity contribution in [2.45, 2.75) is 6.92 Å². The molecule has 0 fully saturated rings. The minimum absolute atomic E-state index is 0.181. The van der Waals surface area contributed by atoms with E-state index in [-0.39, 0.29) is 5.75 Å². The molecule has 0 amide bonds. The molecule has 1 heterocycles. The molecule has 0 radical (unpaired) electrons. The Labute approximate surface area is 96.7 Å². The summed E-state index contributed by atoms with van der Waals surface area (Å²) in [6.45, 7) is 1.81. The molecule has 84 valence electrons. The zero-order chi connectivity index (χ0) is 11.7. The van der Waals surface area contributed by atoms with Crippen LogP contribution in [0.4, 0.5) is 4.39 Å². The molecule has 2 rings (SSSR count). The van der Waals surface area contributed by atoms with Crippen molar-refractivity contribution in [1.29, 1.82) is 0 Å². The summed E-state index contributed by atoms with van der Waals surface area (Å²) in [5, 5.41) is 6.65. The van der Waals surface area contributed by atoms with Gasteiger partial charge in [0.2, 0.25) is 0 Å². The molecule has 2 aromatic rings. The lowest BCUT2D eigenvalue weighted by atomic mass is 10.3. The van der Waals surface area contributed by atoms with E-state index < -0.39 is 5.82 Å². The van der Waals surface area contributed by atoms with E-state index in [0.717, 1.165) is 5.69 Å². The van der Waals surface area contributed by atoms with Crippen LogP contribution >= 0.6 is 12.2 Å². The second-order valence-corrected chi connectivity index (χ2v) is 3.62. The molecule has 4 nitrogen and oxygen atoms in total. The number of aromatic nitrogens is 3. The highest BCUT2D eigenvalue weighted by Gasteiger charge is 2.08. The van der Waals surface area contributed by atoms with Gasteiger partial charge in [0, 0.05) is 6.07 Å². The number of nitrogens with one attached hydrogen (secondary N) is 1. The zero-order valence-corrected chi connectivity index (χ0v) is 9.64. The van der Waals surface area contributed by atoms with E-state index in [9.17, 15) is 4.39 Å². The number of H-pyrrole nitrogens is 1. The summed E-state index contributed by atoms with van der Waals surface area (Å²) in [5.74, 6) is 0.484. The third-order valence-electron chi connectivity index (χ3n) is 2.23. The average Bonchev–Trinajstić information content (AvgIpc) is 2.60. The summed E-state index contributed by atoms with van der Waals surface area (Å²) in [6, 6.07) is 4.53. The Kier molecular flexibility index (Phi) is 2.74. The highest BCUT2D eigenvalue weighted by Crippen LogP contribution is 2.21. The maximum atomic E-state index is 13.2. The number of nitrogens with zero attached hydrogens (tertiary/aromatic N) is 2. The van der Waals surface area contributed by atoms with Crippen LogP contribution in [-0.2, 0) is 0 Å². The van der Waals surface area contributed by atoms with Gasteiger partial charge in [0.1, 0.15) is 5.82 Å². The first kappa shape index (κ1) is 10.8. The van der Waals surface area contributed by atoms with Gasteiger partial charge in [-0.15, -0.1) is 0 Å². The average molecular weight is 239 g/mol. The van der Waals surface area contributed by atoms with Crippen LogP contribution < -0.4 is 4.74 Å². The highest BCUT2D eigenvalue weighted by atomic mass is 32.1. The predicted octanol–water partition coefficient (Wildman–Crippen LogP) is 2.39. The van der Waals surface area contributed by atoms with Crippen LogP contribution in [0.3, 0.4) is 0 Å². The highest BCUT2D eigenvalue weighted by molar-refractivity contribution is 7.71. The molecule has 0 aliphatic heterocycles. The molecule has 6 heteroatoms. The van der Waals surface area contributed by atoms with Crippen LogP contribution in [0.25, 0.3) is 5.69 Å². The van der Waals surface area contributed by atoms with Crippen LogP contribution in [-0.4, -0.2) is 21.9 Å². The van der Waals surface area contributed by atoms with E-state index >= 15 is 0 Å². The number of aromatic amines is 1. The molecular formula is C10H10FN3OS. The summed E-state index contributed by atoms with van der Waals surface area (Å²) in [5.41, 5.74) is 0.717. The topological polar surface area (TPSA) is 42.8 Å². The number of aryl methyl sites for hydroxylation is 1. The molecule has 1 aromatic carbocycles. The van der Waals surface area contributed by atoms with Gasteiger partial charge in [-0.2, -0.15) is 5.10 Å². The molecular weight excluding hydrogens is 229 g/mol. The molecule has 0 saturated heterocycles. The van der Waals surface area contributed by atoms with Crippen LogP contribution in [0, 0.1) is 17.5 Å². The van der Waals surface area contributed by atoms with E-state index in [1.165, 1.54) is 13.2 Å². The standard InChI is InChI=1S/C10H10FN3OS/c1-6-12-13-10(16)14(6)7-3-4-8(11)9(5-7)15-2/h3-5H,1-2H3,(H,13,16). The third kappa shape index (κ3) is 1.71. The van der Waals surface area contributed by atoms with Crippen LogP contribution in [0.15, 0.2) is 18.2 Å². The Morgan fingerprint density at radius 2 is 2.25 bits per heavy atom. The number of rotatable bonds is 2. The predicted molar refractivity (Wildman–Crippen MR) is 60.0 cm³/mol. The lowest BCUT2D eigenvalue weighted by Gasteiger charge is -2.07. The fraction of sp³-hybridized carbons (Fsp3) is 0.200. The van der Waals surface area contributed by atoms with Crippen molar-refractivity contribution < 1.29 is 9.13 Å². The van der Waals surface area contributed by atoms with Gasteiger partial charge < -0.3 is 4.74 Å². The number of benzene rings is 1. The van der Waals surface area contributed by atoms with Crippen molar-refractivity contribution in [3.8, 4) is 11.4 Å². The fourth-order valence-electron chi connectivity index (χ4n) is 1.47. The Balaban J connectivity index is 2.61. The van der Waals surface area contributed by atoms with Gasteiger partial charge >= 0.3 is 0 Å². The Bertz CT molecular complexity index is 576. The Morgan fingerprint density at radius 3 is 2.81 bits per heavy atom. The Morgan fingerprint density at radius 1 is 1.50 bits per heavy atom. The van der Waals surface area contributed by atoms with E-state index in [1.807, 2.05) is 6.92 Å². The second-order valence-electron chi connectivity index (χ2n) is 3.23. The van der Waals surface area contributed by atoms with E-state index in [0.29, 0.717) is 10.6 Å². The minimum atomic E-state index is -0.404. The van der Waals surface area contributed by atoms with Crippen LogP contribution in [0.1, 0.15) is 5.82 Å². The molecule has 16 heavy (non-hydrogen) atoms. The quantitative estimate of drug-likeness (QED) is 0.818. The largest absolute Gasteiger partial charge is 0.494 e. The third-order valence-corrected chi connectivity index (χ3v) is 2.51. The Hall–Kier alpha value is -1.69. The second kappa shape index (κ2) is 4.05. The van der Waals surface area contributed by atoms with Crippen molar-refractivity contribution in [1.82, 2.24) is 14.8 Å². The molecule has 0 atom stereocenters. The van der Waals surface area contributed by atoms with Crippen LogP contribution in [0.5, 0.6) is 5.75 Å². The molecule has 0 spiro atoms. The first-order valence-electron chi connectivity index (χ1n) is 4.61. The van der Waals surface area contributed by atoms with Gasteiger partial charge in [-0.05, 0) is 31.3 Å². The molecule has 0 unspecified atom stereocenters. The number of hydrogen-bond acceptors (Lipinski definition) is 3. The van der Waals surface area contributed by atoms with E-state index in [2.05, 4.69) is 10.2 Å². The number of methoxy groups -OCH3 is 1. The number of ether oxygens (including phenoxy) is 1. The minimum Gasteiger partial charge on any atom is -0.494 e. The van der Waals surface area contributed by atoms with Crippen molar-refractivity contribution in [2.24, 2.45) is 0 Å². The normalized spacial score (nSPS) is 10.4. The lowest BCUT2D eigenvalue weighted by Crippen LogP contribution is -1.98. The van der Waals surface area contributed by atoms with Crippen molar-refractivity contribution in [3.63, 3.8) is 0 Å². The van der Waals surface area contributed by atoms with Crippen LogP contribution in [0.2, 0.25) is 0 Å². The molecule has 0 bridgehead atoms.